The standard InChI is InChI=1S/C20H17ClN6S/c1-14-2-4-15(5-3-14)18(10-27-13-22-12-23-27)25-26-20-24-19(11-28-20)16-6-8-17(21)9-7-16/h2-9,11-13H,10H2,1H3,(H,24,26)/b25-18+. The van der Waals surface area contributed by atoms with E-state index < -0.39 is 0 Å². The molecule has 0 saturated heterocycles. The molecule has 4 rings (SSSR count). The molecule has 140 valence electrons. The van der Waals surface area contributed by atoms with Gasteiger partial charge in [-0.3, -0.25) is 5.43 Å². The third-order valence-electron chi connectivity index (χ3n) is 4.09. The highest BCUT2D eigenvalue weighted by Crippen LogP contribution is 2.26. The van der Waals surface area contributed by atoms with Crippen molar-refractivity contribution in [3.63, 3.8) is 0 Å². The lowest BCUT2D eigenvalue weighted by Gasteiger charge is -2.07. The van der Waals surface area contributed by atoms with Gasteiger partial charge in [0.1, 0.15) is 12.7 Å². The number of aromatic nitrogens is 4. The van der Waals surface area contributed by atoms with Crippen molar-refractivity contribution in [3.05, 3.63) is 82.7 Å². The number of benzene rings is 2. The van der Waals surface area contributed by atoms with Crippen molar-refractivity contribution in [2.24, 2.45) is 5.10 Å². The zero-order chi connectivity index (χ0) is 19.3. The molecule has 0 aliphatic rings. The highest BCUT2D eigenvalue weighted by atomic mass is 35.5. The maximum Gasteiger partial charge on any atom is 0.203 e. The number of nitrogens with one attached hydrogen (secondary N) is 1. The fourth-order valence-electron chi connectivity index (χ4n) is 2.60. The van der Waals surface area contributed by atoms with Gasteiger partial charge < -0.3 is 0 Å². The Morgan fingerprint density at radius 3 is 2.64 bits per heavy atom. The average molecular weight is 409 g/mol. The first-order valence-corrected chi connectivity index (χ1v) is 9.86. The minimum atomic E-state index is 0.505. The van der Waals surface area contributed by atoms with Crippen molar-refractivity contribution in [2.45, 2.75) is 13.5 Å². The first-order chi connectivity index (χ1) is 13.7. The van der Waals surface area contributed by atoms with Gasteiger partial charge in [0.2, 0.25) is 5.13 Å². The summed E-state index contributed by atoms with van der Waals surface area (Å²) < 4.78 is 1.74. The number of anilines is 1. The molecule has 0 saturated carbocycles. The molecule has 0 unspecified atom stereocenters. The Morgan fingerprint density at radius 2 is 1.93 bits per heavy atom. The minimum Gasteiger partial charge on any atom is -0.252 e. The summed E-state index contributed by atoms with van der Waals surface area (Å²) in [5.41, 5.74) is 8.03. The molecule has 2 aromatic carbocycles. The minimum absolute atomic E-state index is 0.505. The number of rotatable bonds is 6. The summed E-state index contributed by atoms with van der Waals surface area (Å²) in [5, 5.41) is 12.2. The van der Waals surface area contributed by atoms with Gasteiger partial charge >= 0.3 is 0 Å². The van der Waals surface area contributed by atoms with Gasteiger partial charge in [0.25, 0.3) is 0 Å². The molecule has 0 bridgehead atoms. The number of halogens is 1. The summed E-state index contributed by atoms with van der Waals surface area (Å²) >= 11 is 7.45. The van der Waals surface area contributed by atoms with Crippen LogP contribution >= 0.6 is 22.9 Å². The lowest BCUT2D eigenvalue weighted by molar-refractivity contribution is 0.721. The lowest BCUT2D eigenvalue weighted by Crippen LogP contribution is -2.14. The number of thiazole rings is 1. The molecule has 0 atom stereocenters. The van der Waals surface area contributed by atoms with E-state index in [2.05, 4.69) is 44.7 Å². The van der Waals surface area contributed by atoms with Crippen LogP contribution in [0.15, 0.2) is 71.7 Å². The van der Waals surface area contributed by atoms with Gasteiger partial charge in [0, 0.05) is 16.0 Å². The number of hydrogen-bond donors (Lipinski definition) is 1. The van der Waals surface area contributed by atoms with Crippen molar-refractivity contribution < 1.29 is 0 Å². The van der Waals surface area contributed by atoms with Crippen LogP contribution < -0.4 is 5.43 Å². The van der Waals surface area contributed by atoms with Crippen LogP contribution in [0.4, 0.5) is 5.13 Å². The molecule has 0 aliphatic heterocycles. The molecule has 0 fully saturated rings. The first kappa shape index (κ1) is 18.3. The Bertz CT molecular complexity index is 1070. The molecular weight excluding hydrogens is 392 g/mol. The van der Waals surface area contributed by atoms with Crippen LogP contribution in [-0.2, 0) is 6.54 Å². The largest absolute Gasteiger partial charge is 0.252 e. The third kappa shape index (κ3) is 4.44. The van der Waals surface area contributed by atoms with Crippen molar-refractivity contribution in [2.75, 3.05) is 5.43 Å². The molecule has 28 heavy (non-hydrogen) atoms. The van der Waals surface area contributed by atoms with Gasteiger partial charge in [0.15, 0.2) is 0 Å². The van der Waals surface area contributed by atoms with Crippen LogP contribution in [0.25, 0.3) is 11.3 Å². The van der Waals surface area contributed by atoms with E-state index in [9.17, 15) is 0 Å². The van der Waals surface area contributed by atoms with Crippen molar-refractivity contribution in [1.29, 1.82) is 0 Å². The summed E-state index contributed by atoms with van der Waals surface area (Å²) in [4.78, 5) is 8.61. The van der Waals surface area contributed by atoms with Crippen molar-refractivity contribution in [1.82, 2.24) is 19.7 Å². The molecule has 1 N–H and O–H groups in total. The second-order valence-electron chi connectivity index (χ2n) is 6.17. The molecule has 4 aromatic rings. The Labute approximate surface area is 171 Å². The van der Waals surface area contributed by atoms with Crippen LogP contribution in [-0.4, -0.2) is 25.5 Å². The highest BCUT2D eigenvalue weighted by Gasteiger charge is 2.08. The van der Waals surface area contributed by atoms with Gasteiger partial charge in [-0.15, -0.1) is 11.3 Å². The molecule has 2 heterocycles. The number of aryl methyl sites for hydroxylation is 1. The van der Waals surface area contributed by atoms with Crippen molar-refractivity contribution >= 4 is 33.8 Å². The zero-order valence-corrected chi connectivity index (χ0v) is 16.7. The van der Waals surface area contributed by atoms with E-state index in [1.807, 2.05) is 41.8 Å². The van der Waals surface area contributed by atoms with E-state index in [1.54, 1.807) is 11.0 Å². The second kappa shape index (κ2) is 8.33. The van der Waals surface area contributed by atoms with Gasteiger partial charge in [-0.2, -0.15) is 10.2 Å². The lowest BCUT2D eigenvalue weighted by atomic mass is 10.1. The fourth-order valence-corrected chi connectivity index (χ4v) is 3.39. The number of hydrazone groups is 1. The van der Waals surface area contributed by atoms with E-state index in [0.717, 1.165) is 22.5 Å². The number of nitrogens with zero attached hydrogens (tertiary/aromatic N) is 5. The second-order valence-corrected chi connectivity index (χ2v) is 7.47. The normalized spacial score (nSPS) is 11.6. The Balaban J connectivity index is 1.56. The topological polar surface area (TPSA) is 68.0 Å². The third-order valence-corrected chi connectivity index (χ3v) is 5.09. The van der Waals surface area contributed by atoms with Crippen LogP contribution in [0.2, 0.25) is 5.02 Å². The predicted octanol–water partition coefficient (Wildman–Crippen LogP) is 4.88. The van der Waals surface area contributed by atoms with E-state index in [1.165, 1.54) is 23.2 Å². The van der Waals surface area contributed by atoms with Gasteiger partial charge in [0.05, 0.1) is 18.0 Å². The van der Waals surface area contributed by atoms with E-state index in [4.69, 9.17) is 11.6 Å². The van der Waals surface area contributed by atoms with Crippen LogP contribution in [0.3, 0.4) is 0 Å². The summed E-state index contributed by atoms with van der Waals surface area (Å²) in [6, 6.07) is 15.8. The number of hydrogen-bond acceptors (Lipinski definition) is 6. The SMILES string of the molecule is Cc1ccc(/C(Cn2cncn2)=N/Nc2nc(-c3ccc(Cl)cc3)cs2)cc1. The zero-order valence-electron chi connectivity index (χ0n) is 15.1. The summed E-state index contributed by atoms with van der Waals surface area (Å²) in [6.07, 6.45) is 3.19. The quantitative estimate of drug-likeness (QED) is 0.364. The molecule has 8 heteroatoms. The molecular formula is C20H17ClN6S. The molecule has 0 radical (unpaired) electrons. The van der Waals surface area contributed by atoms with Crippen LogP contribution in [0.1, 0.15) is 11.1 Å². The summed E-state index contributed by atoms with van der Waals surface area (Å²) in [6.45, 7) is 2.57. The highest BCUT2D eigenvalue weighted by molar-refractivity contribution is 7.14. The predicted molar refractivity (Wildman–Crippen MR) is 114 cm³/mol. The van der Waals surface area contributed by atoms with Gasteiger partial charge in [-0.1, -0.05) is 53.6 Å². The maximum absolute atomic E-state index is 5.96. The van der Waals surface area contributed by atoms with E-state index in [-0.39, 0.29) is 0 Å². The van der Waals surface area contributed by atoms with E-state index >= 15 is 0 Å². The van der Waals surface area contributed by atoms with Crippen LogP contribution in [0.5, 0.6) is 0 Å². The molecule has 0 spiro atoms. The van der Waals surface area contributed by atoms with Gasteiger partial charge in [-0.25, -0.2) is 14.6 Å². The van der Waals surface area contributed by atoms with Gasteiger partial charge in [-0.05, 0) is 24.6 Å². The average Bonchev–Trinajstić information content (AvgIpc) is 3.38. The Hall–Kier alpha value is -3.03. The van der Waals surface area contributed by atoms with E-state index in [0.29, 0.717) is 16.7 Å². The smallest absolute Gasteiger partial charge is 0.203 e. The maximum atomic E-state index is 5.96. The molecule has 0 aliphatic carbocycles. The fraction of sp³-hybridized carbons (Fsp3) is 0.100. The summed E-state index contributed by atoms with van der Waals surface area (Å²) in [7, 11) is 0. The molecule has 2 aromatic heterocycles. The summed E-state index contributed by atoms with van der Waals surface area (Å²) in [5.74, 6) is 0. The van der Waals surface area contributed by atoms with Crippen LogP contribution in [0, 0.1) is 6.92 Å². The monoisotopic (exact) mass is 408 g/mol. The first-order valence-electron chi connectivity index (χ1n) is 8.61. The van der Waals surface area contributed by atoms with Crippen molar-refractivity contribution in [3.8, 4) is 11.3 Å². The molecule has 0 amide bonds. The Kier molecular flexibility index (Phi) is 5.45. The Morgan fingerprint density at radius 1 is 1.14 bits per heavy atom. The molecule has 6 nitrogen and oxygen atoms in total.